The average molecular weight is 643 g/mol. The van der Waals surface area contributed by atoms with Gasteiger partial charge in [0, 0.05) is 69.3 Å². The minimum absolute atomic E-state index is 0.101. The minimum atomic E-state index is -0.700. The molecule has 45 heavy (non-hydrogen) atoms. The maximum atomic E-state index is 13.2. The highest BCUT2D eigenvalue weighted by molar-refractivity contribution is 7.69. The molecule has 4 N–H and O–H groups in total. The Morgan fingerprint density at radius 2 is 1.20 bits per heavy atom. The van der Waals surface area contributed by atoms with E-state index in [9.17, 15) is 4.79 Å². The molecule has 3 saturated heterocycles. The molecule has 3 aromatic rings. The Kier molecular flexibility index (Phi) is 9.99. The Labute approximate surface area is 274 Å². The summed E-state index contributed by atoms with van der Waals surface area (Å²) in [4.78, 5) is 13.2. The van der Waals surface area contributed by atoms with Crippen molar-refractivity contribution in [2.24, 2.45) is 0 Å². The molecule has 3 aliphatic heterocycles. The number of carbonyl (C=O) groups excluding carboxylic acids is 1. The number of benzene rings is 3. The number of hydrogen-bond donors (Lipinski definition) is 4. The van der Waals surface area contributed by atoms with Crippen LogP contribution < -0.4 is 26.6 Å². The fourth-order valence-corrected chi connectivity index (χ4v) is 13.7. The number of nitrogens with one attached hydrogen (secondary N) is 4. The fraction of sp³-hybridized carbons (Fsp3) is 0.500. The maximum Gasteiger partial charge on any atom is 0.134 e. The second-order valence-corrected chi connectivity index (χ2v) is 19.2. The molecular formula is C38H52N4OP2. The van der Waals surface area contributed by atoms with Gasteiger partial charge in [0.2, 0.25) is 0 Å². The van der Waals surface area contributed by atoms with Crippen molar-refractivity contribution in [3.8, 4) is 0 Å². The zero-order valence-electron chi connectivity index (χ0n) is 27.6. The van der Waals surface area contributed by atoms with Gasteiger partial charge in [0.1, 0.15) is 5.78 Å². The first-order valence-corrected chi connectivity index (χ1v) is 18.7. The zero-order valence-corrected chi connectivity index (χ0v) is 29.6. The van der Waals surface area contributed by atoms with Gasteiger partial charge in [0.25, 0.3) is 0 Å². The van der Waals surface area contributed by atoms with Crippen molar-refractivity contribution in [1.29, 1.82) is 0 Å². The van der Waals surface area contributed by atoms with Gasteiger partial charge in [-0.15, -0.1) is 9.24 Å². The first kappa shape index (κ1) is 33.0. The monoisotopic (exact) mass is 642 g/mol. The van der Waals surface area contributed by atoms with Crippen LogP contribution in [0, 0.1) is 0 Å². The molecular weight excluding hydrogens is 590 g/mol. The third-order valence-electron chi connectivity index (χ3n) is 10.2. The Balaban J connectivity index is 1.62. The highest BCUT2D eigenvalue weighted by Crippen LogP contribution is 2.65. The second kappa shape index (κ2) is 13.6. The van der Waals surface area contributed by atoms with E-state index in [-0.39, 0.29) is 27.6 Å². The number of piperazine rings is 2. The number of carbonyl (C=O) groups is 1. The molecule has 0 amide bonds. The molecule has 240 valence electrons. The summed E-state index contributed by atoms with van der Waals surface area (Å²) in [6, 6.07) is 27.6. The van der Waals surface area contributed by atoms with Crippen molar-refractivity contribution in [3.63, 3.8) is 0 Å². The lowest BCUT2D eigenvalue weighted by Crippen LogP contribution is -2.67. The molecule has 0 aromatic heterocycles. The van der Waals surface area contributed by atoms with Crippen molar-refractivity contribution in [2.75, 3.05) is 39.3 Å². The van der Waals surface area contributed by atoms with Crippen LogP contribution in [0.4, 0.5) is 0 Å². The molecule has 3 aromatic carbocycles. The third kappa shape index (κ3) is 7.01. The van der Waals surface area contributed by atoms with Gasteiger partial charge >= 0.3 is 0 Å². The van der Waals surface area contributed by atoms with Crippen LogP contribution in [0.3, 0.4) is 0 Å². The Morgan fingerprint density at radius 1 is 0.733 bits per heavy atom. The van der Waals surface area contributed by atoms with Crippen LogP contribution in [0.25, 0.3) is 0 Å². The lowest BCUT2D eigenvalue weighted by atomic mass is 9.79. The van der Waals surface area contributed by atoms with E-state index in [0.29, 0.717) is 18.6 Å². The third-order valence-corrected chi connectivity index (χ3v) is 14.9. The summed E-state index contributed by atoms with van der Waals surface area (Å²) in [5, 5.41) is 16.4. The molecule has 0 radical (unpaired) electrons. The van der Waals surface area contributed by atoms with Crippen LogP contribution in [0.15, 0.2) is 72.8 Å². The van der Waals surface area contributed by atoms with E-state index in [1.807, 2.05) is 0 Å². The first-order chi connectivity index (χ1) is 21.6. The van der Waals surface area contributed by atoms with E-state index < -0.39 is 7.92 Å². The van der Waals surface area contributed by atoms with E-state index in [1.165, 1.54) is 33.1 Å². The van der Waals surface area contributed by atoms with Crippen LogP contribution in [0.2, 0.25) is 0 Å². The van der Waals surface area contributed by atoms with E-state index in [1.54, 1.807) is 0 Å². The summed E-state index contributed by atoms with van der Waals surface area (Å²) in [7, 11) is 2.73. The predicted molar refractivity (Wildman–Crippen MR) is 195 cm³/mol. The van der Waals surface area contributed by atoms with Gasteiger partial charge < -0.3 is 21.3 Å². The maximum absolute atomic E-state index is 13.2. The van der Waals surface area contributed by atoms with Crippen LogP contribution in [0.1, 0.15) is 68.4 Å². The topological polar surface area (TPSA) is 65.2 Å². The zero-order chi connectivity index (χ0) is 31.7. The molecule has 0 bridgehead atoms. The van der Waals surface area contributed by atoms with E-state index >= 15 is 0 Å². The van der Waals surface area contributed by atoms with E-state index in [0.717, 1.165) is 52.1 Å². The van der Waals surface area contributed by atoms with E-state index in [2.05, 4.69) is 131 Å². The second-order valence-electron chi connectivity index (χ2n) is 14.7. The van der Waals surface area contributed by atoms with Gasteiger partial charge in [-0.25, -0.2) is 0 Å². The number of hydrogen-bond acceptors (Lipinski definition) is 5. The van der Waals surface area contributed by atoms with Crippen molar-refractivity contribution < 1.29 is 4.79 Å². The van der Waals surface area contributed by atoms with Crippen molar-refractivity contribution in [2.45, 2.75) is 80.9 Å². The number of Topliss-reactive ketones (excluding diaryl/α,β-unsaturated/α-hetero) is 1. The van der Waals surface area contributed by atoms with E-state index in [4.69, 9.17) is 0 Å². The summed E-state index contributed by atoms with van der Waals surface area (Å²) in [5.41, 5.74) is 6.93. The quantitative estimate of drug-likeness (QED) is 0.258. The van der Waals surface area contributed by atoms with Crippen LogP contribution in [-0.4, -0.2) is 67.4 Å². The summed E-state index contributed by atoms with van der Waals surface area (Å²) >= 11 is 0. The molecule has 7 heteroatoms. The Hall–Kier alpha value is -1.97. The van der Waals surface area contributed by atoms with Gasteiger partial charge in [-0.2, -0.15) is 0 Å². The van der Waals surface area contributed by atoms with Crippen molar-refractivity contribution in [3.05, 3.63) is 101 Å². The molecule has 6 rings (SSSR count). The molecule has 3 fully saturated rings. The molecule has 3 unspecified atom stereocenters. The van der Waals surface area contributed by atoms with Crippen LogP contribution in [-0.2, 0) is 22.8 Å². The summed E-state index contributed by atoms with van der Waals surface area (Å²) in [6.45, 7) is 15.2. The van der Waals surface area contributed by atoms with Gasteiger partial charge in [-0.3, -0.25) is 4.79 Å². The minimum Gasteiger partial charge on any atom is -0.314 e. The molecule has 5 nitrogen and oxygen atoms in total. The fourth-order valence-electron chi connectivity index (χ4n) is 8.43. The molecule has 0 spiro atoms. The standard InChI is InChI=1S/C38H52N4OP2/c1-36(2)23-31(43)24-37(3,4)45(36)33-22-30(20-28-13-9-6-10-14-28)29(19-27-11-7-5-8-12-27)21-32(33)38(44,34-25-39-15-17-41-34)35-26-40-16-18-42-35/h5-14,21-22,34-35,39-42H,15-20,23-26,44H2,1-4H3. The smallest absolute Gasteiger partial charge is 0.134 e. The highest BCUT2D eigenvalue weighted by Gasteiger charge is 2.52. The predicted octanol–water partition coefficient (Wildman–Crippen LogP) is 5.09. The largest absolute Gasteiger partial charge is 0.314 e. The first-order valence-electron chi connectivity index (χ1n) is 16.8. The van der Waals surface area contributed by atoms with Gasteiger partial charge in [-0.05, 0) is 56.3 Å². The summed E-state index contributed by atoms with van der Waals surface area (Å²) < 4.78 is 0. The Bertz CT molecular complexity index is 1430. The van der Waals surface area contributed by atoms with Crippen LogP contribution in [0.5, 0.6) is 0 Å². The molecule has 0 aliphatic carbocycles. The molecule has 3 heterocycles. The summed E-state index contributed by atoms with van der Waals surface area (Å²) in [5.74, 6) is 0.406. The Morgan fingerprint density at radius 3 is 1.64 bits per heavy atom. The van der Waals surface area contributed by atoms with Gasteiger partial charge in [0.15, 0.2) is 0 Å². The molecule has 3 atom stereocenters. The van der Waals surface area contributed by atoms with Crippen molar-refractivity contribution >= 4 is 28.2 Å². The molecule has 0 saturated carbocycles. The number of ketones is 1. The molecule has 3 aliphatic rings. The SMILES string of the molecule is CC1(C)CC(=O)CC(C)(C)P1c1cc(Cc2ccccc2)c(Cc2ccccc2)cc1C(P)(C1CNCCN1)C1CNCCN1. The highest BCUT2D eigenvalue weighted by atomic mass is 31.1. The number of rotatable bonds is 8. The average Bonchev–Trinajstić information content (AvgIpc) is 3.02. The summed E-state index contributed by atoms with van der Waals surface area (Å²) in [6.07, 6.45) is 3.10. The lowest BCUT2D eigenvalue weighted by Gasteiger charge is -2.53. The van der Waals surface area contributed by atoms with Crippen LogP contribution >= 0.6 is 17.2 Å². The van der Waals surface area contributed by atoms with Crippen molar-refractivity contribution in [1.82, 2.24) is 21.3 Å². The van der Waals surface area contributed by atoms with Gasteiger partial charge in [-0.1, -0.05) is 108 Å². The normalized spacial score (nSPS) is 25.0. The lowest BCUT2D eigenvalue weighted by molar-refractivity contribution is -0.120. The van der Waals surface area contributed by atoms with Gasteiger partial charge in [0.05, 0.1) is 0 Å².